The highest BCUT2D eigenvalue weighted by atomic mass is 16.5. The molecule has 32 heavy (non-hydrogen) atoms. The van der Waals surface area contributed by atoms with Crippen LogP contribution in [0.2, 0.25) is 0 Å². The molecule has 0 saturated heterocycles. The fraction of sp³-hybridized carbons (Fsp3) is 0.259. The van der Waals surface area contributed by atoms with Gasteiger partial charge in [-0.1, -0.05) is 67.6 Å². The number of likely N-dealkylation sites (N-methyl/N-ethyl adjacent to an activating group) is 1. The van der Waals surface area contributed by atoms with E-state index in [1.807, 2.05) is 74.5 Å². The van der Waals surface area contributed by atoms with E-state index in [0.717, 1.165) is 17.5 Å². The Balaban J connectivity index is 1.70. The van der Waals surface area contributed by atoms with Crippen molar-refractivity contribution in [3.63, 3.8) is 0 Å². The molecule has 166 valence electrons. The summed E-state index contributed by atoms with van der Waals surface area (Å²) in [6.45, 7) is 4.38. The minimum Gasteiger partial charge on any atom is -0.480 e. The molecule has 0 radical (unpaired) electrons. The lowest BCUT2D eigenvalue weighted by atomic mass is 10.1. The molecule has 0 aliphatic carbocycles. The van der Waals surface area contributed by atoms with Crippen LogP contribution >= 0.6 is 0 Å². The summed E-state index contributed by atoms with van der Waals surface area (Å²) in [6.07, 6.45) is 0.615. The molecule has 0 bridgehead atoms. The number of nitrogens with one attached hydrogen (secondary N) is 1. The Bertz CT molecular complexity index is 1050. The van der Waals surface area contributed by atoms with Crippen molar-refractivity contribution in [3.8, 4) is 5.75 Å². The molecule has 0 spiro atoms. The van der Waals surface area contributed by atoms with Gasteiger partial charge in [-0.15, -0.1) is 0 Å². The second-order valence-electron chi connectivity index (χ2n) is 7.69. The molecule has 3 aromatic carbocycles. The molecule has 0 heterocycles. The number of benzene rings is 3. The number of hydrogen-bond donors (Lipinski definition) is 1. The maximum Gasteiger partial charge on any atom is 0.267 e. The van der Waals surface area contributed by atoms with Gasteiger partial charge in [0.25, 0.3) is 11.8 Å². The van der Waals surface area contributed by atoms with Gasteiger partial charge < -0.3 is 15.0 Å². The van der Waals surface area contributed by atoms with E-state index in [0.29, 0.717) is 30.0 Å². The number of carbonyl (C=O) groups is 2. The first-order valence-electron chi connectivity index (χ1n) is 10.9. The van der Waals surface area contributed by atoms with Crippen LogP contribution in [0.1, 0.15) is 34.8 Å². The zero-order valence-electron chi connectivity index (χ0n) is 18.9. The van der Waals surface area contributed by atoms with Gasteiger partial charge in [-0.2, -0.15) is 0 Å². The van der Waals surface area contributed by atoms with Crippen LogP contribution < -0.4 is 15.0 Å². The zero-order chi connectivity index (χ0) is 22.9. The third-order valence-electron chi connectivity index (χ3n) is 5.39. The van der Waals surface area contributed by atoms with E-state index in [9.17, 15) is 9.59 Å². The number of rotatable bonds is 9. The summed E-state index contributed by atoms with van der Waals surface area (Å²) in [4.78, 5) is 27.6. The third kappa shape index (κ3) is 5.76. The molecule has 1 atom stereocenters. The van der Waals surface area contributed by atoms with Crippen LogP contribution in [0.4, 0.5) is 5.69 Å². The highest BCUT2D eigenvalue weighted by Gasteiger charge is 2.26. The molecule has 0 aromatic heterocycles. The smallest absolute Gasteiger partial charge is 0.267 e. The molecule has 3 aromatic rings. The molecule has 0 saturated carbocycles. The van der Waals surface area contributed by atoms with E-state index in [4.69, 9.17) is 4.74 Å². The Morgan fingerprint density at radius 2 is 1.59 bits per heavy atom. The van der Waals surface area contributed by atoms with Crippen LogP contribution in [0, 0.1) is 6.92 Å². The summed E-state index contributed by atoms with van der Waals surface area (Å²) in [6, 6.07) is 24.8. The second kappa shape index (κ2) is 11.1. The topological polar surface area (TPSA) is 58.6 Å². The Morgan fingerprint density at radius 1 is 0.938 bits per heavy atom. The number of nitrogens with zero attached hydrogens (tertiary/aromatic N) is 1. The maximum atomic E-state index is 13.2. The molecule has 1 N–H and O–H groups in total. The van der Waals surface area contributed by atoms with Gasteiger partial charge in [0.15, 0.2) is 6.10 Å². The van der Waals surface area contributed by atoms with E-state index >= 15 is 0 Å². The summed E-state index contributed by atoms with van der Waals surface area (Å²) in [5.41, 5.74) is 3.15. The van der Waals surface area contributed by atoms with Crippen molar-refractivity contribution in [3.05, 3.63) is 95.6 Å². The quantitative estimate of drug-likeness (QED) is 0.531. The summed E-state index contributed by atoms with van der Waals surface area (Å²) in [7, 11) is 1.68. The third-order valence-corrected chi connectivity index (χ3v) is 5.39. The second-order valence-corrected chi connectivity index (χ2v) is 7.69. The lowest BCUT2D eigenvalue weighted by Gasteiger charge is -2.26. The molecule has 5 nitrogen and oxygen atoms in total. The standard InChI is InChI=1S/C27H30N2O3/c1-4-24(32-25-17-11-8-12-20(25)2)27(31)29(3)23-16-10-9-15-22(23)26(30)28-19-18-21-13-6-5-7-14-21/h5-17,24H,4,18-19H2,1-3H3,(H,28,30). The largest absolute Gasteiger partial charge is 0.480 e. The van der Waals surface area contributed by atoms with Crippen molar-refractivity contribution < 1.29 is 14.3 Å². The predicted molar refractivity (Wildman–Crippen MR) is 128 cm³/mol. The highest BCUT2D eigenvalue weighted by molar-refractivity contribution is 6.05. The van der Waals surface area contributed by atoms with Crippen molar-refractivity contribution in [2.75, 3.05) is 18.5 Å². The predicted octanol–water partition coefficient (Wildman–Crippen LogP) is 4.79. The summed E-state index contributed by atoms with van der Waals surface area (Å²) >= 11 is 0. The summed E-state index contributed by atoms with van der Waals surface area (Å²) in [5, 5.41) is 2.96. The van der Waals surface area contributed by atoms with Gasteiger partial charge in [0.05, 0.1) is 11.3 Å². The number of amides is 2. The molecule has 2 amide bonds. The van der Waals surface area contributed by atoms with E-state index in [2.05, 4.69) is 5.32 Å². The fourth-order valence-corrected chi connectivity index (χ4v) is 3.50. The summed E-state index contributed by atoms with van der Waals surface area (Å²) in [5.74, 6) is 0.289. The average molecular weight is 431 g/mol. The van der Waals surface area contributed by atoms with E-state index in [1.54, 1.807) is 25.2 Å². The average Bonchev–Trinajstić information content (AvgIpc) is 2.83. The van der Waals surface area contributed by atoms with Gasteiger partial charge in [0.1, 0.15) is 5.75 Å². The monoisotopic (exact) mass is 430 g/mol. The number of aryl methyl sites for hydroxylation is 1. The fourth-order valence-electron chi connectivity index (χ4n) is 3.50. The van der Waals surface area contributed by atoms with Crippen molar-refractivity contribution in [2.24, 2.45) is 0 Å². The Morgan fingerprint density at radius 3 is 2.31 bits per heavy atom. The lowest BCUT2D eigenvalue weighted by molar-refractivity contribution is -0.125. The zero-order valence-corrected chi connectivity index (χ0v) is 18.9. The van der Waals surface area contributed by atoms with Gasteiger partial charge in [-0.25, -0.2) is 0 Å². The molecule has 3 rings (SSSR count). The number of hydrogen-bond acceptors (Lipinski definition) is 3. The van der Waals surface area contributed by atoms with Crippen molar-refractivity contribution in [1.82, 2.24) is 5.32 Å². The normalized spacial score (nSPS) is 11.5. The van der Waals surface area contributed by atoms with Crippen molar-refractivity contribution >= 4 is 17.5 Å². The number of anilines is 1. The van der Waals surface area contributed by atoms with E-state index < -0.39 is 6.10 Å². The number of para-hydroxylation sites is 2. The number of ether oxygens (including phenoxy) is 1. The Labute approximate surface area is 190 Å². The SMILES string of the molecule is CCC(Oc1ccccc1C)C(=O)N(C)c1ccccc1C(=O)NCCc1ccccc1. The van der Waals surface area contributed by atoms with Crippen LogP contribution in [-0.4, -0.2) is 31.5 Å². The van der Waals surface area contributed by atoms with Crippen molar-refractivity contribution in [2.45, 2.75) is 32.8 Å². The molecule has 0 aliphatic heterocycles. The molecule has 5 heteroatoms. The van der Waals surface area contributed by atoms with Crippen molar-refractivity contribution in [1.29, 1.82) is 0 Å². The molecule has 1 unspecified atom stereocenters. The Hall–Kier alpha value is -3.60. The minimum atomic E-state index is -0.643. The van der Waals surface area contributed by atoms with E-state index in [-0.39, 0.29) is 11.8 Å². The van der Waals surface area contributed by atoms with Crippen LogP contribution in [0.25, 0.3) is 0 Å². The van der Waals surface area contributed by atoms with Gasteiger partial charge in [0.2, 0.25) is 0 Å². The minimum absolute atomic E-state index is 0.194. The first-order valence-corrected chi connectivity index (χ1v) is 10.9. The molecular formula is C27H30N2O3. The van der Waals surface area contributed by atoms with E-state index in [1.165, 1.54) is 4.90 Å². The number of carbonyl (C=O) groups excluding carboxylic acids is 2. The van der Waals surface area contributed by atoms with Crippen LogP contribution in [0.5, 0.6) is 5.75 Å². The first kappa shape index (κ1) is 23.1. The highest BCUT2D eigenvalue weighted by Crippen LogP contribution is 2.23. The van der Waals surface area contributed by atoms with Gasteiger partial charge in [-0.05, 0) is 49.1 Å². The maximum absolute atomic E-state index is 13.2. The molecule has 0 aliphatic rings. The van der Waals surface area contributed by atoms with Gasteiger partial charge in [-0.3, -0.25) is 9.59 Å². The van der Waals surface area contributed by atoms with Crippen LogP contribution in [0.3, 0.4) is 0 Å². The van der Waals surface area contributed by atoms with Crippen LogP contribution in [-0.2, 0) is 11.2 Å². The first-order chi connectivity index (χ1) is 15.5. The molecular weight excluding hydrogens is 400 g/mol. The van der Waals surface area contributed by atoms with Gasteiger partial charge in [0, 0.05) is 13.6 Å². The molecule has 0 fully saturated rings. The summed E-state index contributed by atoms with van der Waals surface area (Å²) < 4.78 is 6.02. The van der Waals surface area contributed by atoms with Crippen LogP contribution in [0.15, 0.2) is 78.9 Å². The van der Waals surface area contributed by atoms with Gasteiger partial charge >= 0.3 is 0 Å². The lowest BCUT2D eigenvalue weighted by Crippen LogP contribution is -2.40. The Kier molecular flexibility index (Phi) is 8.03.